The van der Waals surface area contributed by atoms with Crippen LogP contribution >= 0.6 is 0 Å². The number of nitrogens with one attached hydrogen (secondary N) is 1. The molecule has 0 unspecified atom stereocenters. The molecule has 0 saturated heterocycles. The molecule has 0 spiro atoms. The van der Waals surface area contributed by atoms with E-state index < -0.39 is 23.5 Å². The van der Waals surface area contributed by atoms with Crippen molar-refractivity contribution in [1.82, 2.24) is 5.32 Å². The maximum absolute atomic E-state index is 12.0. The van der Waals surface area contributed by atoms with Gasteiger partial charge in [-0.3, -0.25) is 4.79 Å². The monoisotopic (exact) mass is 411 g/mol. The Kier molecular flexibility index (Phi) is 6.36. The van der Waals surface area contributed by atoms with Gasteiger partial charge in [-0.25, -0.2) is 9.59 Å². The second kappa shape index (κ2) is 9.13. The molecule has 3 rings (SSSR count). The van der Waals surface area contributed by atoms with Gasteiger partial charge in [-0.1, -0.05) is 19.1 Å². The Morgan fingerprint density at radius 2 is 1.80 bits per heavy atom. The van der Waals surface area contributed by atoms with E-state index in [-0.39, 0.29) is 13.0 Å². The molecule has 30 heavy (non-hydrogen) atoms. The van der Waals surface area contributed by atoms with Crippen LogP contribution in [0, 0.1) is 0 Å². The first kappa shape index (κ1) is 20.9. The van der Waals surface area contributed by atoms with Crippen molar-refractivity contribution in [3.8, 4) is 22.6 Å². The number of fused-ring (bicyclic) bond motifs is 1. The minimum absolute atomic E-state index is 0.260. The van der Waals surface area contributed by atoms with Gasteiger partial charge in [-0.05, 0) is 41.8 Å². The third-order valence-corrected chi connectivity index (χ3v) is 4.53. The number of carboxylic acids is 1. The van der Waals surface area contributed by atoms with Gasteiger partial charge in [0.05, 0.1) is 7.11 Å². The van der Waals surface area contributed by atoms with E-state index in [1.807, 2.05) is 12.1 Å². The van der Waals surface area contributed by atoms with E-state index in [1.54, 1.807) is 38.3 Å². The predicted octanol–water partition coefficient (Wildman–Crippen LogP) is 2.83. The average molecular weight is 411 g/mol. The largest absolute Gasteiger partial charge is 0.497 e. The lowest BCUT2D eigenvalue weighted by Gasteiger charge is -2.13. The van der Waals surface area contributed by atoms with Crippen molar-refractivity contribution in [3.05, 3.63) is 59.0 Å². The molecule has 2 N–H and O–H groups in total. The molecule has 0 aliphatic heterocycles. The van der Waals surface area contributed by atoms with E-state index in [1.165, 1.54) is 12.1 Å². The zero-order valence-electron chi connectivity index (χ0n) is 16.5. The number of carbonyl (C=O) groups is 2. The summed E-state index contributed by atoms with van der Waals surface area (Å²) in [5, 5.41) is 12.1. The van der Waals surface area contributed by atoms with Crippen LogP contribution in [0.15, 0.2) is 57.7 Å². The highest BCUT2D eigenvalue weighted by atomic mass is 16.5. The quantitative estimate of drug-likeness (QED) is 0.548. The van der Waals surface area contributed by atoms with Crippen LogP contribution in [0.5, 0.6) is 11.5 Å². The molecule has 0 aliphatic carbocycles. The topological polar surface area (TPSA) is 115 Å². The normalized spacial score (nSPS) is 11.7. The van der Waals surface area contributed by atoms with Gasteiger partial charge in [0.1, 0.15) is 23.1 Å². The molecule has 0 fully saturated rings. The first-order chi connectivity index (χ1) is 14.4. The first-order valence-electron chi connectivity index (χ1n) is 9.28. The molecule has 0 radical (unpaired) electrons. The summed E-state index contributed by atoms with van der Waals surface area (Å²) in [6.07, 6.45) is 0.260. The lowest BCUT2D eigenvalue weighted by atomic mass is 10.0. The minimum atomic E-state index is -1.11. The van der Waals surface area contributed by atoms with Crippen molar-refractivity contribution < 1.29 is 28.6 Å². The van der Waals surface area contributed by atoms with E-state index >= 15 is 0 Å². The number of benzene rings is 2. The number of ether oxygens (including phenoxy) is 2. The summed E-state index contributed by atoms with van der Waals surface area (Å²) < 4.78 is 15.9. The lowest BCUT2D eigenvalue weighted by molar-refractivity contribution is -0.142. The number of carbonyl (C=O) groups excluding carboxylic acids is 1. The predicted molar refractivity (Wildman–Crippen MR) is 110 cm³/mol. The van der Waals surface area contributed by atoms with E-state index in [4.69, 9.17) is 19.0 Å². The summed E-state index contributed by atoms with van der Waals surface area (Å²) >= 11 is 0. The smallest absolute Gasteiger partial charge is 0.336 e. The third-order valence-electron chi connectivity index (χ3n) is 4.53. The van der Waals surface area contributed by atoms with Crippen LogP contribution in [0.2, 0.25) is 0 Å². The number of hydrogen-bond donors (Lipinski definition) is 2. The molecule has 1 atom stereocenters. The molecule has 1 heterocycles. The number of hydrogen-bond acceptors (Lipinski definition) is 6. The number of methoxy groups -OCH3 is 1. The fourth-order valence-corrected chi connectivity index (χ4v) is 2.97. The maximum Gasteiger partial charge on any atom is 0.336 e. The summed E-state index contributed by atoms with van der Waals surface area (Å²) in [6, 6.07) is 12.6. The Morgan fingerprint density at radius 1 is 1.10 bits per heavy atom. The van der Waals surface area contributed by atoms with Gasteiger partial charge in [0, 0.05) is 17.5 Å². The van der Waals surface area contributed by atoms with Gasteiger partial charge in [0.25, 0.3) is 5.91 Å². The summed E-state index contributed by atoms with van der Waals surface area (Å²) in [7, 11) is 1.58. The highest BCUT2D eigenvalue weighted by Crippen LogP contribution is 2.30. The second-order valence-electron chi connectivity index (χ2n) is 6.52. The van der Waals surface area contributed by atoms with Crippen molar-refractivity contribution in [1.29, 1.82) is 0 Å². The Morgan fingerprint density at radius 3 is 2.43 bits per heavy atom. The first-order valence-corrected chi connectivity index (χ1v) is 9.28. The van der Waals surface area contributed by atoms with E-state index in [9.17, 15) is 14.4 Å². The van der Waals surface area contributed by atoms with Gasteiger partial charge in [0.2, 0.25) is 0 Å². The Hall–Kier alpha value is -3.81. The molecule has 0 aliphatic rings. The zero-order valence-corrected chi connectivity index (χ0v) is 16.5. The van der Waals surface area contributed by atoms with Crippen LogP contribution in [0.4, 0.5) is 0 Å². The molecule has 8 nitrogen and oxygen atoms in total. The molecule has 1 aromatic heterocycles. The van der Waals surface area contributed by atoms with Crippen LogP contribution in [0.1, 0.15) is 13.3 Å². The van der Waals surface area contributed by atoms with Crippen molar-refractivity contribution in [2.45, 2.75) is 19.4 Å². The van der Waals surface area contributed by atoms with E-state index in [2.05, 4.69) is 5.32 Å². The molecular formula is C22H21NO7. The fraction of sp³-hybridized carbons (Fsp3) is 0.227. The van der Waals surface area contributed by atoms with Crippen LogP contribution < -0.4 is 20.4 Å². The summed E-state index contributed by atoms with van der Waals surface area (Å²) in [5.74, 6) is -0.647. The van der Waals surface area contributed by atoms with Crippen LogP contribution in [0.3, 0.4) is 0 Å². The van der Waals surface area contributed by atoms with Gasteiger partial charge in [-0.15, -0.1) is 0 Å². The molecule has 0 saturated carbocycles. The molecular weight excluding hydrogens is 390 g/mol. The van der Waals surface area contributed by atoms with Crippen LogP contribution in [-0.4, -0.2) is 36.7 Å². The summed E-state index contributed by atoms with van der Waals surface area (Å²) in [6.45, 7) is 1.30. The molecule has 2 aromatic carbocycles. The Bertz CT molecular complexity index is 1120. The van der Waals surface area contributed by atoms with Gasteiger partial charge in [0.15, 0.2) is 6.61 Å². The Balaban J connectivity index is 1.82. The molecule has 1 amide bonds. The molecule has 8 heteroatoms. The molecule has 3 aromatic rings. The highest BCUT2D eigenvalue weighted by Gasteiger charge is 2.18. The standard InChI is InChI=1S/C22H21NO7/c1-3-18(22(26)27)23-20(24)12-29-15-8-9-16-17(11-21(25)30-19(16)10-15)13-4-6-14(28-2)7-5-13/h4-11,18H,3,12H2,1-2H3,(H,23,24)(H,26,27)/t18-/m1/s1. The number of carboxylic acid groups (broad SMARTS) is 1. The summed E-state index contributed by atoms with van der Waals surface area (Å²) in [4.78, 5) is 35.0. The number of rotatable bonds is 8. The Labute approximate surface area is 172 Å². The van der Waals surface area contributed by atoms with Crippen molar-refractivity contribution in [2.75, 3.05) is 13.7 Å². The molecule has 0 bridgehead atoms. The lowest BCUT2D eigenvalue weighted by Crippen LogP contribution is -2.42. The average Bonchev–Trinajstić information content (AvgIpc) is 2.75. The van der Waals surface area contributed by atoms with Gasteiger partial charge >= 0.3 is 11.6 Å². The number of amides is 1. The number of aliphatic carboxylic acids is 1. The fourth-order valence-electron chi connectivity index (χ4n) is 2.97. The van der Waals surface area contributed by atoms with Crippen LogP contribution in [0.25, 0.3) is 22.1 Å². The van der Waals surface area contributed by atoms with Gasteiger partial charge in [-0.2, -0.15) is 0 Å². The van der Waals surface area contributed by atoms with Crippen molar-refractivity contribution in [3.63, 3.8) is 0 Å². The van der Waals surface area contributed by atoms with E-state index in [0.29, 0.717) is 28.0 Å². The molecule has 156 valence electrons. The SMILES string of the molecule is CC[C@@H](NC(=O)COc1ccc2c(-c3ccc(OC)cc3)cc(=O)oc2c1)C(=O)O. The van der Waals surface area contributed by atoms with Crippen molar-refractivity contribution in [2.24, 2.45) is 0 Å². The third kappa shape index (κ3) is 4.78. The zero-order chi connectivity index (χ0) is 21.7. The second-order valence-corrected chi connectivity index (χ2v) is 6.52. The van der Waals surface area contributed by atoms with Crippen molar-refractivity contribution >= 4 is 22.8 Å². The highest BCUT2D eigenvalue weighted by molar-refractivity contribution is 5.94. The van der Waals surface area contributed by atoms with Crippen LogP contribution in [-0.2, 0) is 9.59 Å². The van der Waals surface area contributed by atoms with Gasteiger partial charge < -0.3 is 24.3 Å². The van der Waals surface area contributed by atoms with E-state index in [0.717, 1.165) is 5.56 Å². The summed E-state index contributed by atoms with van der Waals surface area (Å²) in [5.41, 5.74) is 1.31. The minimum Gasteiger partial charge on any atom is -0.497 e. The maximum atomic E-state index is 12.0.